The molecule has 0 aliphatic heterocycles. The van der Waals surface area contributed by atoms with E-state index in [1.165, 1.54) is 18.6 Å². The van der Waals surface area contributed by atoms with Gasteiger partial charge in [-0.15, -0.1) is 0 Å². The Morgan fingerprint density at radius 2 is 1.95 bits per heavy atom. The lowest BCUT2D eigenvalue weighted by molar-refractivity contribution is 0.0167. The first kappa shape index (κ1) is 13.8. The zero-order chi connectivity index (χ0) is 13.9. The van der Waals surface area contributed by atoms with Crippen molar-refractivity contribution < 1.29 is 13.5 Å². The lowest BCUT2D eigenvalue weighted by atomic mass is 9.97. The predicted octanol–water partition coefficient (Wildman–Crippen LogP) is 4.38. The Hall–Kier alpha value is -1.63. The molecule has 1 saturated carbocycles. The van der Waals surface area contributed by atoms with Crippen molar-refractivity contribution in [2.24, 2.45) is 0 Å². The lowest BCUT2D eigenvalue weighted by Gasteiger charge is -2.23. The minimum Gasteiger partial charge on any atom is -0.490 e. The molecule has 19 heavy (non-hydrogen) atoms. The van der Waals surface area contributed by atoms with E-state index < -0.39 is 5.92 Å². The second kappa shape index (κ2) is 5.56. The minimum atomic E-state index is -3.03. The average Bonchev–Trinajstić information content (AvgIpc) is 2.39. The molecule has 1 aromatic rings. The van der Waals surface area contributed by atoms with Gasteiger partial charge in [0.1, 0.15) is 5.75 Å². The molecule has 0 heterocycles. The van der Waals surface area contributed by atoms with E-state index in [0.717, 1.165) is 32.6 Å². The molecule has 2 rings (SSSR count). The predicted molar refractivity (Wildman–Crippen MR) is 68.2 cm³/mol. The van der Waals surface area contributed by atoms with Crippen LogP contribution < -0.4 is 4.74 Å². The third-order valence-corrected chi connectivity index (χ3v) is 3.44. The molecule has 0 amide bonds. The number of hydrogen-bond acceptors (Lipinski definition) is 2. The zero-order valence-electron chi connectivity index (χ0n) is 11.0. The van der Waals surface area contributed by atoms with E-state index in [1.54, 1.807) is 12.1 Å². The van der Waals surface area contributed by atoms with Gasteiger partial charge in [0, 0.05) is 12.5 Å². The number of halogens is 2. The second-order valence-corrected chi connectivity index (χ2v) is 5.09. The summed E-state index contributed by atoms with van der Waals surface area (Å²) < 4.78 is 32.7. The quantitative estimate of drug-likeness (QED) is 0.812. The maximum atomic E-state index is 13.5. The number of nitriles is 1. The zero-order valence-corrected chi connectivity index (χ0v) is 11.0. The Morgan fingerprint density at radius 3 is 2.53 bits per heavy atom. The molecule has 102 valence electrons. The van der Waals surface area contributed by atoms with Crippen molar-refractivity contribution in [3.8, 4) is 11.8 Å². The van der Waals surface area contributed by atoms with Gasteiger partial charge in [0.2, 0.25) is 0 Å². The number of hydrogen-bond donors (Lipinski definition) is 0. The summed E-state index contributed by atoms with van der Waals surface area (Å²) in [6.07, 6.45) is 5.51. The summed E-state index contributed by atoms with van der Waals surface area (Å²) in [5, 5.41) is 8.87. The number of rotatable bonds is 3. The van der Waals surface area contributed by atoms with E-state index in [4.69, 9.17) is 10.00 Å². The Bertz CT molecular complexity index is 482. The van der Waals surface area contributed by atoms with Gasteiger partial charge in [-0.2, -0.15) is 5.26 Å². The maximum absolute atomic E-state index is 13.5. The summed E-state index contributed by atoms with van der Waals surface area (Å²) in [6.45, 7) is 0.799. The van der Waals surface area contributed by atoms with Gasteiger partial charge in [0.25, 0.3) is 5.92 Å². The second-order valence-electron chi connectivity index (χ2n) is 5.09. The first-order valence-electron chi connectivity index (χ1n) is 6.60. The Labute approximate surface area is 112 Å². The minimum absolute atomic E-state index is 0.00324. The van der Waals surface area contributed by atoms with Gasteiger partial charge in [-0.1, -0.05) is 6.42 Å². The van der Waals surface area contributed by atoms with Crippen molar-refractivity contribution in [1.29, 1.82) is 5.26 Å². The fourth-order valence-corrected chi connectivity index (χ4v) is 2.43. The third kappa shape index (κ3) is 3.44. The van der Waals surface area contributed by atoms with Gasteiger partial charge in [-0.05, 0) is 43.9 Å². The topological polar surface area (TPSA) is 33.0 Å². The van der Waals surface area contributed by atoms with Gasteiger partial charge in [0.05, 0.1) is 17.7 Å². The molecule has 0 unspecified atom stereocenters. The lowest BCUT2D eigenvalue weighted by Crippen LogP contribution is -2.20. The molecule has 0 saturated heterocycles. The van der Waals surface area contributed by atoms with Crippen molar-refractivity contribution >= 4 is 0 Å². The third-order valence-electron chi connectivity index (χ3n) is 3.44. The van der Waals surface area contributed by atoms with Crippen LogP contribution in [-0.4, -0.2) is 6.10 Å². The van der Waals surface area contributed by atoms with Gasteiger partial charge in [-0.25, -0.2) is 8.78 Å². The fraction of sp³-hybridized carbons (Fsp3) is 0.533. The SMILES string of the molecule is CC(F)(F)c1cc(OC2CCCCC2)ccc1C#N. The summed E-state index contributed by atoms with van der Waals surface area (Å²) in [7, 11) is 0. The van der Waals surface area contributed by atoms with E-state index in [1.807, 2.05) is 0 Å². The summed E-state index contributed by atoms with van der Waals surface area (Å²) >= 11 is 0. The van der Waals surface area contributed by atoms with Crippen molar-refractivity contribution in [2.45, 2.75) is 51.1 Å². The molecular formula is C15H17F2NO. The fourth-order valence-electron chi connectivity index (χ4n) is 2.43. The summed E-state index contributed by atoms with van der Waals surface area (Å²) in [5.74, 6) is -2.60. The van der Waals surface area contributed by atoms with E-state index in [2.05, 4.69) is 0 Å². The molecule has 0 radical (unpaired) electrons. The summed E-state index contributed by atoms with van der Waals surface area (Å²) in [6, 6.07) is 6.10. The summed E-state index contributed by atoms with van der Waals surface area (Å²) in [4.78, 5) is 0. The van der Waals surface area contributed by atoms with Crippen LogP contribution in [0, 0.1) is 11.3 Å². The van der Waals surface area contributed by atoms with Crippen LogP contribution in [0.5, 0.6) is 5.75 Å². The Kier molecular flexibility index (Phi) is 4.04. The molecule has 1 aliphatic rings. The van der Waals surface area contributed by atoms with E-state index >= 15 is 0 Å². The number of nitrogens with zero attached hydrogens (tertiary/aromatic N) is 1. The van der Waals surface area contributed by atoms with E-state index in [9.17, 15) is 8.78 Å². The van der Waals surface area contributed by atoms with Crippen LogP contribution in [-0.2, 0) is 5.92 Å². The first-order valence-corrected chi connectivity index (χ1v) is 6.60. The van der Waals surface area contributed by atoms with Crippen molar-refractivity contribution in [2.75, 3.05) is 0 Å². The van der Waals surface area contributed by atoms with E-state index in [-0.39, 0.29) is 17.2 Å². The van der Waals surface area contributed by atoms with Crippen LogP contribution >= 0.6 is 0 Å². The highest BCUT2D eigenvalue weighted by atomic mass is 19.3. The van der Waals surface area contributed by atoms with E-state index in [0.29, 0.717) is 5.75 Å². The molecule has 0 atom stereocenters. The van der Waals surface area contributed by atoms with Crippen LogP contribution in [0.3, 0.4) is 0 Å². The monoisotopic (exact) mass is 265 g/mol. The van der Waals surface area contributed by atoms with Crippen molar-refractivity contribution in [3.63, 3.8) is 0 Å². The highest BCUT2D eigenvalue weighted by molar-refractivity contribution is 5.44. The Balaban J connectivity index is 2.20. The van der Waals surface area contributed by atoms with Crippen LogP contribution in [0.4, 0.5) is 8.78 Å². The highest BCUT2D eigenvalue weighted by Crippen LogP contribution is 2.33. The van der Waals surface area contributed by atoms with Gasteiger partial charge in [0.15, 0.2) is 0 Å². The molecule has 0 N–H and O–H groups in total. The molecule has 4 heteroatoms. The molecule has 0 bridgehead atoms. The smallest absolute Gasteiger partial charge is 0.271 e. The number of ether oxygens (including phenoxy) is 1. The molecule has 0 aromatic heterocycles. The molecule has 1 aromatic carbocycles. The van der Waals surface area contributed by atoms with Gasteiger partial charge >= 0.3 is 0 Å². The standard InChI is InChI=1S/C15H17F2NO/c1-15(16,17)14-9-13(8-7-11(14)10-18)19-12-5-3-2-4-6-12/h7-9,12H,2-6H2,1H3. The van der Waals surface area contributed by atoms with Crippen LogP contribution in [0.2, 0.25) is 0 Å². The molecule has 1 aliphatic carbocycles. The molecule has 1 fully saturated rings. The van der Waals surface area contributed by atoms with Crippen molar-refractivity contribution in [3.05, 3.63) is 29.3 Å². The number of benzene rings is 1. The summed E-state index contributed by atoms with van der Waals surface area (Å²) in [5.41, 5.74) is -0.258. The highest BCUT2D eigenvalue weighted by Gasteiger charge is 2.28. The van der Waals surface area contributed by atoms with Gasteiger partial charge in [-0.3, -0.25) is 0 Å². The first-order chi connectivity index (χ1) is 9.00. The maximum Gasteiger partial charge on any atom is 0.271 e. The van der Waals surface area contributed by atoms with Crippen molar-refractivity contribution in [1.82, 2.24) is 0 Å². The number of alkyl halides is 2. The average molecular weight is 265 g/mol. The molecule has 0 spiro atoms. The molecular weight excluding hydrogens is 248 g/mol. The van der Waals surface area contributed by atoms with Crippen LogP contribution in [0.25, 0.3) is 0 Å². The largest absolute Gasteiger partial charge is 0.490 e. The normalized spacial score (nSPS) is 16.9. The van der Waals surface area contributed by atoms with Crippen LogP contribution in [0.1, 0.15) is 50.2 Å². The molecule has 2 nitrogen and oxygen atoms in total. The van der Waals surface area contributed by atoms with Gasteiger partial charge < -0.3 is 4.74 Å². The Morgan fingerprint density at radius 1 is 1.26 bits per heavy atom. The van der Waals surface area contributed by atoms with Crippen LogP contribution in [0.15, 0.2) is 18.2 Å².